The Kier molecular flexibility index (Phi) is 2.52. The van der Waals surface area contributed by atoms with E-state index in [1.165, 1.54) is 19.3 Å². The van der Waals surface area contributed by atoms with Crippen LogP contribution in [0.3, 0.4) is 0 Å². The van der Waals surface area contributed by atoms with Crippen LogP contribution in [0.1, 0.15) is 33.1 Å². The minimum absolute atomic E-state index is 0.735. The first kappa shape index (κ1) is 8.98. The first-order valence-electron chi connectivity index (χ1n) is 5.49. The van der Waals surface area contributed by atoms with Crippen molar-refractivity contribution in [3.8, 4) is 0 Å². The quantitative estimate of drug-likeness (QED) is 0.583. The Bertz CT molecular complexity index is 227. The molecule has 0 N–H and O–H groups in total. The van der Waals surface area contributed by atoms with E-state index in [0.29, 0.717) is 0 Å². The number of allylic oxidation sites excluding steroid dienone is 1. The molecule has 0 spiro atoms. The van der Waals surface area contributed by atoms with Crippen molar-refractivity contribution in [3.05, 3.63) is 12.3 Å². The van der Waals surface area contributed by atoms with Crippen molar-refractivity contribution < 1.29 is 0 Å². The monoisotopic (exact) mass is 177 g/mol. The van der Waals surface area contributed by atoms with Gasteiger partial charge in [-0.15, -0.1) is 0 Å². The maximum Gasteiger partial charge on any atom is 0.0227 e. The molecule has 1 nitrogen and oxygen atoms in total. The van der Waals surface area contributed by atoms with Crippen LogP contribution in [0.2, 0.25) is 0 Å². The molecule has 1 aliphatic heterocycles. The van der Waals surface area contributed by atoms with Gasteiger partial charge in [-0.1, -0.05) is 26.3 Å². The Labute approximate surface area is 80.9 Å². The SMILES string of the molecule is CC(C)C1CCCC2C=CN=CC21. The predicted octanol–water partition coefficient (Wildman–Crippen LogP) is 3.27. The summed E-state index contributed by atoms with van der Waals surface area (Å²) in [6.45, 7) is 4.69. The van der Waals surface area contributed by atoms with Crippen molar-refractivity contribution in [2.75, 3.05) is 0 Å². The molecular weight excluding hydrogens is 158 g/mol. The van der Waals surface area contributed by atoms with E-state index in [1.807, 2.05) is 6.20 Å². The summed E-state index contributed by atoms with van der Waals surface area (Å²) in [5, 5.41) is 0. The van der Waals surface area contributed by atoms with E-state index in [1.54, 1.807) is 0 Å². The second kappa shape index (κ2) is 3.65. The van der Waals surface area contributed by atoms with Gasteiger partial charge in [0.05, 0.1) is 0 Å². The van der Waals surface area contributed by atoms with Gasteiger partial charge in [-0.25, -0.2) is 0 Å². The zero-order valence-electron chi connectivity index (χ0n) is 8.61. The van der Waals surface area contributed by atoms with Gasteiger partial charge in [0.25, 0.3) is 0 Å². The Morgan fingerprint density at radius 3 is 2.92 bits per heavy atom. The van der Waals surface area contributed by atoms with Crippen LogP contribution in [-0.4, -0.2) is 6.21 Å². The molecule has 3 atom stereocenters. The Morgan fingerprint density at radius 1 is 1.31 bits per heavy atom. The van der Waals surface area contributed by atoms with Crippen molar-refractivity contribution >= 4 is 6.21 Å². The van der Waals surface area contributed by atoms with Gasteiger partial charge in [0, 0.05) is 18.3 Å². The van der Waals surface area contributed by atoms with Crippen molar-refractivity contribution in [2.45, 2.75) is 33.1 Å². The summed E-state index contributed by atoms with van der Waals surface area (Å²) < 4.78 is 0. The summed E-state index contributed by atoms with van der Waals surface area (Å²) >= 11 is 0. The van der Waals surface area contributed by atoms with Crippen molar-refractivity contribution in [1.82, 2.24) is 0 Å². The lowest BCUT2D eigenvalue weighted by Crippen LogP contribution is -2.32. The van der Waals surface area contributed by atoms with Crippen LogP contribution in [0.5, 0.6) is 0 Å². The van der Waals surface area contributed by atoms with Crippen LogP contribution in [0.15, 0.2) is 17.3 Å². The molecule has 1 heteroatoms. The lowest BCUT2D eigenvalue weighted by atomic mass is 9.68. The molecule has 0 radical (unpaired) electrons. The van der Waals surface area contributed by atoms with E-state index in [0.717, 1.165) is 23.7 Å². The average Bonchev–Trinajstić information content (AvgIpc) is 2.17. The van der Waals surface area contributed by atoms with E-state index in [9.17, 15) is 0 Å². The average molecular weight is 177 g/mol. The van der Waals surface area contributed by atoms with Crippen LogP contribution in [0, 0.1) is 23.7 Å². The van der Waals surface area contributed by atoms with Crippen molar-refractivity contribution in [3.63, 3.8) is 0 Å². The summed E-state index contributed by atoms with van der Waals surface area (Å²) in [4.78, 5) is 4.29. The van der Waals surface area contributed by atoms with E-state index in [4.69, 9.17) is 0 Å². The van der Waals surface area contributed by atoms with Gasteiger partial charge in [0.1, 0.15) is 0 Å². The maximum atomic E-state index is 4.29. The third kappa shape index (κ3) is 1.70. The zero-order valence-corrected chi connectivity index (χ0v) is 8.61. The van der Waals surface area contributed by atoms with E-state index in [2.05, 4.69) is 31.1 Å². The van der Waals surface area contributed by atoms with Crippen molar-refractivity contribution in [2.24, 2.45) is 28.7 Å². The number of nitrogens with zero attached hydrogens (tertiary/aromatic N) is 1. The van der Waals surface area contributed by atoms with Gasteiger partial charge in [0.15, 0.2) is 0 Å². The molecule has 1 heterocycles. The Morgan fingerprint density at radius 2 is 2.15 bits per heavy atom. The number of rotatable bonds is 1. The minimum Gasteiger partial charge on any atom is -0.269 e. The highest BCUT2D eigenvalue weighted by atomic mass is 14.7. The first-order chi connectivity index (χ1) is 6.29. The molecule has 0 bridgehead atoms. The fourth-order valence-electron chi connectivity index (χ4n) is 2.82. The largest absolute Gasteiger partial charge is 0.269 e. The first-order valence-corrected chi connectivity index (χ1v) is 5.49. The maximum absolute atomic E-state index is 4.29. The lowest BCUT2D eigenvalue weighted by molar-refractivity contribution is 0.193. The molecule has 0 aromatic carbocycles. The zero-order chi connectivity index (χ0) is 9.26. The van der Waals surface area contributed by atoms with Gasteiger partial charge in [-0.05, 0) is 30.6 Å². The van der Waals surface area contributed by atoms with Gasteiger partial charge < -0.3 is 0 Å². The molecule has 0 aromatic heterocycles. The van der Waals surface area contributed by atoms with E-state index >= 15 is 0 Å². The molecule has 0 amide bonds. The molecule has 2 aliphatic rings. The predicted molar refractivity (Wildman–Crippen MR) is 56.8 cm³/mol. The molecule has 0 saturated heterocycles. The summed E-state index contributed by atoms with van der Waals surface area (Å²) in [6.07, 6.45) is 10.6. The van der Waals surface area contributed by atoms with Gasteiger partial charge in [-0.3, -0.25) is 4.99 Å². The number of aliphatic imine (C=N–C) groups is 1. The van der Waals surface area contributed by atoms with Crippen LogP contribution >= 0.6 is 0 Å². The van der Waals surface area contributed by atoms with Crippen molar-refractivity contribution in [1.29, 1.82) is 0 Å². The molecular formula is C12H19N. The summed E-state index contributed by atoms with van der Waals surface area (Å²) in [6, 6.07) is 0. The van der Waals surface area contributed by atoms with Crippen LogP contribution in [0.4, 0.5) is 0 Å². The second-order valence-corrected chi connectivity index (χ2v) is 4.72. The molecule has 1 aliphatic carbocycles. The highest BCUT2D eigenvalue weighted by Gasteiger charge is 2.33. The normalized spacial score (nSPS) is 37.9. The summed E-state index contributed by atoms with van der Waals surface area (Å²) in [7, 11) is 0. The molecule has 13 heavy (non-hydrogen) atoms. The standard InChI is InChI=1S/C12H19N/c1-9(2)11-5-3-4-10-6-7-13-8-12(10)11/h6-12H,3-5H2,1-2H3. The Hall–Kier alpha value is -0.590. The van der Waals surface area contributed by atoms with E-state index < -0.39 is 0 Å². The highest BCUT2D eigenvalue weighted by Crippen LogP contribution is 2.39. The fraction of sp³-hybridized carbons (Fsp3) is 0.750. The third-order valence-corrected chi connectivity index (χ3v) is 3.60. The number of hydrogen-bond acceptors (Lipinski definition) is 1. The lowest BCUT2D eigenvalue weighted by Gasteiger charge is -2.38. The topological polar surface area (TPSA) is 12.4 Å². The highest BCUT2D eigenvalue weighted by molar-refractivity contribution is 5.64. The second-order valence-electron chi connectivity index (χ2n) is 4.72. The van der Waals surface area contributed by atoms with Gasteiger partial charge in [0.2, 0.25) is 0 Å². The Balaban J connectivity index is 2.13. The number of fused-ring (bicyclic) bond motifs is 1. The van der Waals surface area contributed by atoms with Crippen LogP contribution < -0.4 is 0 Å². The molecule has 1 saturated carbocycles. The van der Waals surface area contributed by atoms with Crippen LogP contribution in [-0.2, 0) is 0 Å². The molecule has 1 fully saturated rings. The third-order valence-electron chi connectivity index (χ3n) is 3.60. The van der Waals surface area contributed by atoms with Gasteiger partial charge in [-0.2, -0.15) is 0 Å². The minimum atomic E-state index is 0.735. The molecule has 72 valence electrons. The smallest absolute Gasteiger partial charge is 0.0227 e. The molecule has 2 rings (SSSR count). The van der Waals surface area contributed by atoms with Gasteiger partial charge >= 0.3 is 0 Å². The number of hydrogen-bond donors (Lipinski definition) is 0. The van der Waals surface area contributed by atoms with Crippen LogP contribution in [0.25, 0.3) is 0 Å². The fourth-order valence-corrected chi connectivity index (χ4v) is 2.82. The summed E-state index contributed by atoms with van der Waals surface area (Å²) in [5.41, 5.74) is 0. The molecule has 0 aromatic rings. The summed E-state index contributed by atoms with van der Waals surface area (Å²) in [5.74, 6) is 3.20. The van der Waals surface area contributed by atoms with E-state index in [-0.39, 0.29) is 0 Å². The molecule has 3 unspecified atom stereocenters.